The molecule has 176 valence electrons. The van der Waals surface area contributed by atoms with Crippen LogP contribution in [0.4, 0.5) is 0 Å². The van der Waals surface area contributed by atoms with Crippen molar-refractivity contribution in [3.8, 4) is 0 Å². The normalized spacial score (nSPS) is 14.1. The first-order chi connectivity index (χ1) is 15.1. The SMILES string of the molecule is CCOC(=O)[C@@H](O[Si](C(C)C)(C(C)C)C(C)C)c1ccccc1S(=O)c1ccc(C)cc1. The van der Waals surface area contributed by atoms with Gasteiger partial charge in [-0.25, -0.2) is 9.00 Å². The van der Waals surface area contributed by atoms with Crippen LogP contribution in [0, 0.1) is 6.92 Å². The van der Waals surface area contributed by atoms with Gasteiger partial charge in [0.1, 0.15) is 0 Å². The summed E-state index contributed by atoms with van der Waals surface area (Å²) < 4.78 is 25.9. The molecule has 0 N–H and O–H groups in total. The van der Waals surface area contributed by atoms with E-state index < -0.39 is 31.2 Å². The molecule has 0 amide bonds. The summed E-state index contributed by atoms with van der Waals surface area (Å²) in [6, 6.07) is 15.0. The number of esters is 1. The van der Waals surface area contributed by atoms with Crippen molar-refractivity contribution in [2.45, 2.75) is 87.9 Å². The highest BCUT2D eigenvalue weighted by atomic mass is 32.2. The number of ether oxygens (including phenoxy) is 1. The maximum atomic E-state index is 13.5. The Morgan fingerprint density at radius 2 is 1.44 bits per heavy atom. The number of benzene rings is 2. The monoisotopic (exact) mass is 474 g/mol. The summed E-state index contributed by atoms with van der Waals surface area (Å²) in [6.45, 7) is 17.2. The Balaban J connectivity index is 2.63. The topological polar surface area (TPSA) is 52.6 Å². The van der Waals surface area contributed by atoms with Crippen LogP contribution in [-0.2, 0) is 24.8 Å². The van der Waals surface area contributed by atoms with Gasteiger partial charge in [-0.15, -0.1) is 0 Å². The van der Waals surface area contributed by atoms with Gasteiger partial charge in [0.15, 0.2) is 6.10 Å². The zero-order valence-corrected chi connectivity index (χ0v) is 22.5. The van der Waals surface area contributed by atoms with E-state index >= 15 is 0 Å². The van der Waals surface area contributed by atoms with Gasteiger partial charge < -0.3 is 9.16 Å². The first-order valence-electron chi connectivity index (χ1n) is 11.5. The Hall–Kier alpha value is -1.76. The van der Waals surface area contributed by atoms with E-state index in [1.165, 1.54) is 0 Å². The molecular formula is C26H38O4SSi. The standard InChI is InChI=1S/C26H38O4SSi/c1-9-29-26(27)25(30-32(18(2)3,19(4)5)20(6)7)23-12-10-11-13-24(23)31(28)22-16-14-21(8)15-17-22/h10-20,25H,9H2,1-8H3/t25-,31?/m0/s1. The van der Waals surface area contributed by atoms with E-state index in [1.807, 2.05) is 55.5 Å². The number of hydrogen-bond acceptors (Lipinski definition) is 4. The highest BCUT2D eigenvalue weighted by Crippen LogP contribution is 2.46. The van der Waals surface area contributed by atoms with Gasteiger partial charge in [-0.1, -0.05) is 77.4 Å². The highest BCUT2D eigenvalue weighted by Gasteiger charge is 2.48. The number of carbonyl (C=O) groups excluding carboxylic acids is 1. The second-order valence-corrected chi connectivity index (χ2v) is 16.0. The average Bonchev–Trinajstić information content (AvgIpc) is 2.74. The van der Waals surface area contributed by atoms with Crippen LogP contribution >= 0.6 is 0 Å². The summed E-state index contributed by atoms with van der Waals surface area (Å²) in [7, 11) is -3.85. The van der Waals surface area contributed by atoms with E-state index in [0.717, 1.165) is 5.56 Å². The molecule has 2 aromatic carbocycles. The number of rotatable bonds is 10. The molecule has 0 bridgehead atoms. The average molecular weight is 475 g/mol. The predicted molar refractivity (Wildman–Crippen MR) is 134 cm³/mol. The molecule has 2 aromatic rings. The van der Waals surface area contributed by atoms with Crippen molar-refractivity contribution in [3.63, 3.8) is 0 Å². The van der Waals surface area contributed by atoms with Gasteiger partial charge in [0, 0.05) is 10.5 Å². The smallest absolute Gasteiger partial charge is 0.338 e. The first-order valence-corrected chi connectivity index (χ1v) is 14.8. The van der Waals surface area contributed by atoms with Crippen molar-refractivity contribution < 1.29 is 18.2 Å². The molecule has 0 fully saturated rings. The van der Waals surface area contributed by atoms with Crippen LogP contribution in [0.3, 0.4) is 0 Å². The van der Waals surface area contributed by atoms with Crippen molar-refractivity contribution in [2.75, 3.05) is 6.61 Å². The van der Waals surface area contributed by atoms with Gasteiger partial charge in [-0.05, 0) is 48.7 Å². The third-order valence-corrected chi connectivity index (χ3v) is 13.7. The van der Waals surface area contributed by atoms with Gasteiger partial charge >= 0.3 is 5.97 Å². The molecule has 2 rings (SSSR count). The fourth-order valence-electron chi connectivity index (χ4n) is 4.72. The molecule has 0 saturated heterocycles. The first kappa shape index (κ1) is 26.5. The predicted octanol–water partition coefficient (Wildman–Crippen LogP) is 6.96. The van der Waals surface area contributed by atoms with Crippen LogP contribution in [0.15, 0.2) is 58.3 Å². The molecule has 0 saturated carbocycles. The van der Waals surface area contributed by atoms with Crippen molar-refractivity contribution in [1.82, 2.24) is 0 Å². The second kappa shape index (κ2) is 11.4. The van der Waals surface area contributed by atoms with E-state index in [2.05, 4.69) is 41.5 Å². The zero-order valence-electron chi connectivity index (χ0n) is 20.7. The molecule has 4 nitrogen and oxygen atoms in total. The van der Waals surface area contributed by atoms with Gasteiger partial charge in [0.25, 0.3) is 0 Å². The molecule has 0 aromatic heterocycles. The van der Waals surface area contributed by atoms with Crippen LogP contribution in [0.1, 0.15) is 65.7 Å². The highest BCUT2D eigenvalue weighted by molar-refractivity contribution is 7.85. The fraction of sp³-hybridized carbons (Fsp3) is 0.500. The van der Waals surface area contributed by atoms with E-state index in [9.17, 15) is 9.00 Å². The van der Waals surface area contributed by atoms with E-state index in [4.69, 9.17) is 9.16 Å². The Kier molecular flexibility index (Phi) is 9.43. The quantitative estimate of drug-likeness (QED) is 0.276. The van der Waals surface area contributed by atoms with E-state index in [0.29, 0.717) is 32.0 Å². The summed E-state index contributed by atoms with van der Waals surface area (Å²) in [6.07, 6.45) is -0.903. The van der Waals surface area contributed by atoms with Crippen molar-refractivity contribution in [2.24, 2.45) is 0 Å². The molecule has 0 aliphatic heterocycles. The zero-order chi connectivity index (χ0) is 24.1. The summed E-state index contributed by atoms with van der Waals surface area (Å²) in [5, 5.41) is 0. The van der Waals surface area contributed by atoms with Crippen LogP contribution in [0.5, 0.6) is 0 Å². The minimum atomic E-state index is -2.41. The molecule has 0 heterocycles. The number of hydrogen-bond donors (Lipinski definition) is 0. The van der Waals surface area contributed by atoms with Gasteiger partial charge in [0.2, 0.25) is 8.32 Å². The molecule has 32 heavy (non-hydrogen) atoms. The summed E-state index contributed by atoms with van der Waals surface area (Å²) in [4.78, 5) is 14.5. The molecule has 6 heteroatoms. The number of carbonyl (C=O) groups is 1. The summed E-state index contributed by atoms with van der Waals surface area (Å²) in [5.41, 5.74) is 2.63. The lowest BCUT2D eigenvalue weighted by Crippen LogP contribution is -2.49. The molecule has 0 spiro atoms. The Morgan fingerprint density at radius 1 is 0.906 bits per heavy atom. The minimum absolute atomic E-state index is 0.265. The maximum absolute atomic E-state index is 13.5. The van der Waals surface area contributed by atoms with Crippen LogP contribution in [0.25, 0.3) is 0 Å². The molecule has 0 aliphatic rings. The minimum Gasteiger partial charge on any atom is -0.464 e. The second-order valence-electron chi connectivity index (χ2n) is 9.19. The maximum Gasteiger partial charge on any atom is 0.338 e. The van der Waals surface area contributed by atoms with E-state index in [1.54, 1.807) is 6.92 Å². The molecule has 0 radical (unpaired) electrons. The fourth-order valence-corrected chi connectivity index (χ4v) is 11.4. The summed E-state index contributed by atoms with van der Waals surface area (Å²) >= 11 is 0. The lowest BCUT2D eigenvalue weighted by molar-refractivity contribution is -0.152. The molecule has 1 unspecified atom stereocenters. The lowest BCUT2D eigenvalue weighted by atomic mass is 10.1. The van der Waals surface area contributed by atoms with Crippen molar-refractivity contribution in [1.29, 1.82) is 0 Å². The number of aryl methyl sites for hydroxylation is 1. The third-order valence-electron chi connectivity index (χ3n) is 6.17. The van der Waals surface area contributed by atoms with E-state index in [-0.39, 0.29) is 6.61 Å². The largest absolute Gasteiger partial charge is 0.464 e. The Bertz CT molecular complexity index is 900. The lowest BCUT2D eigenvalue weighted by Gasteiger charge is -2.44. The van der Waals surface area contributed by atoms with Crippen LogP contribution in [0.2, 0.25) is 16.6 Å². The molecule has 0 aliphatic carbocycles. The van der Waals surface area contributed by atoms with Gasteiger partial charge in [-0.3, -0.25) is 0 Å². The van der Waals surface area contributed by atoms with Crippen molar-refractivity contribution >= 4 is 25.1 Å². The Morgan fingerprint density at radius 3 is 1.94 bits per heavy atom. The summed E-state index contributed by atoms with van der Waals surface area (Å²) in [5.74, 6) is -0.417. The third kappa shape index (κ3) is 5.59. The van der Waals surface area contributed by atoms with Gasteiger partial charge in [0.05, 0.1) is 22.3 Å². The van der Waals surface area contributed by atoms with Crippen LogP contribution in [-0.4, -0.2) is 25.1 Å². The molecular weight excluding hydrogens is 436 g/mol. The van der Waals surface area contributed by atoms with Crippen LogP contribution < -0.4 is 0 Å². The van der Waals surface area contributed by atoms with Gasteiger partial charge in [-0.2, -0.15) is 0 Å². The Labute approximate surface area is 197 Å². The van der Waals surface area contributed by atoms with Crippen molar-refractivity contribution in [3.05, 3.63) is 59.7 Å². The molecule has 2 atom stereocenters.